The van der Waals surface area contributed by atoms with Crippen molar-refractivity contribution in [1.82, 2.24) is 25.5 Å². The van der Waals surface area contributed by atoms with Gasteiger partial charge in [-0.25, -0.2) is 9.37 Å². The van der Waals surface area contributed by atoms with Crippen molar-refractivity contribution < 1.29 is 14.2 Å². The molecule has 0 aliphatic carbocycles. The summed E-state index contributed by atoms with van der Waals surface area (Å²) in [4.78, 5) is 8.19. The summed E-state index contributed by atoms with van der Waals surface area (Å²) in [6.07, 6.45) is 7.34. The molecule has 3 aromatic rings. The van der Waals surface area contributed by atoms with Gasteiger partial charge in [-0.1, -0.05) is 17.3 Å². The fourth-order valence-electron chi connectivity index (χ4n) is 3.59. The Labute approximate surface area is 153 Å². The van der Waals surface area contributed by atoms with E-state index >= 15 is 0 Å². The van der Waals surface area contributed by atoms with Gasteiger partial charge in [0.25, 0.3) is 0 Å². The lowest BCUT2D eigenvalue weighted by Gasteiger charge is -2.32. The Bertz CT molecular complexity index is 1030. The first-order chi connectivity index (χ1) is 13.2. The average molecular weight is 365 g/mol. The third-order valence-electron chi connectivity index (χ3n) is 4.97. The van der Waals surface area contributed by atoms with Gasteiger partial charge < -0.3 is 15.2 Å². The van der Waals surface area contributed by atoms with Gasteiger partial charge in [0.1, 0.15) is 17.5 Å². The van der Waals surface area contributed by atoms with E-state index in [2.05, 4.69) is 25.5 Å². The van der Waals surface area contributed by atoms with E-state index in [1.807, 2.05) is 18.2 Å². The van der Waals surface area contributed by atoms with Gasteiger partial charge in [-0.2, -0.15) is 0 Å². The maximum Gasteiger partial charge on any atom is 0.336 e. The molecule has 1 saturated heterocycles. The molecule has 1 unspecified atom stereocenters. The molecule has 136 valence electrons. The molecule has 2 N–H and O–H groups in total. The third-order valence-corrected chi connectivity index (χ3v) is 4.97. The second kappa shape index (κ2) is 6.24. The molecule has 1 fully saturated rings. The number of halogens is 1. The molecule has 7 nitrogen and oxygen atoms in total. The van der Waals surface area contributed by atoms with Crippen molar-refractivity contribution in [1.29, 1.82) is 0 Å². The summed E-state index contributed by atoms with van der Waals surface area (Å²) in [5, 5.41) is 23.2. The van der Waals surface area contributed by atoms with Crippen LogP contribution in [0, 0.1) is 0 Å². The largest absolute Gasteiger partial charge is 0.507 e. The lowest BCUT2D eigenvalue weighted by Crippen LogP contribution is -2.52. The fraction of sp³-hybridized carbons (Fsp3) is 0.263. The molecule has 2 aliphatic rings. The van der Waals surface area contributed by atoms with Crippen LogP contribution in [-0.4, -0.2) is 49.6 Å². The zero-order valence-electron chi connectivity index (χ0n) is 14.2. The van der Waals surface area contributed by atoms with Crippen molar-refractivity contribution in [2.75, 3.05) is 0 Å². The highest BCUT2D eigenvalue weighted by molar-refractivity contribution is 5.89. The van der Waals surface area contributed by atoms with Crippen LogP contribution in [-0.2, 0) is 0 Å². The van der Waals surface area contributed by atoms with Gasteiger partial charge in [-0.15, -0.1) is 5.10 Å². The molecule has 27 heavy (non-hydrogen) atoms. The number of piperidine rings is 1. The minimum absolute atomic E-state index is 0.0252. The predicted octanol–water partition coefficient (Wildman–Crippen LogP) is 2.18. The number of phenolic OH excluding ortho intramolecular Hbond substituents is 1. The number of hydrogen-bond acceptors (Lipinski definition) is 7. The van der Waals surface area contributed by atoms with Gasteiger partial charge in [0, 0.05) is 35.8 Å². The number of nitrogens with one attached hydrogen (secondary N) is 1. The third kappa shape index (κ3) is 2.87. The fourth-order valence-corrected chi connectivity index (χ4v) is 3.59. The molecule has 0 spiro atoms. The summed E-state index contributed by atoms with van der Waals surface area (Å²) in [6.45, 7) is 0. The number of nitrogens with zero attached hydrogens (tertiary/aromatic N) is 4. The summed E-state index contributed by atoms with van der Waals surface area (Å²) in [7, 11) is 0. The summed E-state index contributed by atoms with van der Waals surface area (Å²) in [5.41, 5.74) is 0.912. The molecule has 4 atom stereocenters. The molecule has 0 radical (unpaired) electrons. The quantitative estimate of drug-likeness (QED) is 0.687. The number of benzene rings is 1. The normalized spacial score (nSPS) is 26.4. The second-order valence-corrected chi connectivity index (χ2v) is 6.74. The molecule has 0 amide bonds. The number of hydrogen-bond donors (Lipinski definition) is 2. The number of phenols is 1. The summed E-state index contributed by atoms with van der Waals surface area (Å²) in [5.74, 6) is 0.0603. The highest BCUT2D eigenvalue weighted by Gasteiger charge is 2.40. The van der Waals surface area contributed by atoms with E-state index in [0.717, 1.165) is 10.8 Å². The molecular formula is C19H16FN5O2. The molecule has 5 rings (SSSR count). The highest BCUT2D eigenvalue weighted by Crippen LogP contribution is 2.32. The maximum absolute atomic E-state index is 14.4. The Balaban J connectivity index is 1.38. The van der Waals surface area contributed by atoms with Gasteiger partial charge in [0.15, 0.2) is 6.17 Å². The number of aromatic nitrogens is 4. The minimum Gasteiger partial charge on any atom is -0.507 e. The first kappa shape index (κ1) is 16.1. The summed E-state index contributed by atoms with van der Waals surface area (Å²) >= 11 is 0. The van der Waals surface area contributed by atoms with Gasteiger partial charge in [0.05, 0.1) is 12.2 Å². The number of fused-ring (bicyclic) bond motifs is 3. The van der Waals surface area contributed by atoms with Crippen LogP contribution in [0.4, 0.5) is 4.39 Å². The maximum atomic E-state index is 14.4. The Hall–Kier alpha value is -3.13. The van der Waals surface area contributed by atoms with Gasteiger partial charge in [-0.05, 0) is 23.6 Å². The number of pyridine rings is 1. The smallest absolute Gasteiger partial charge is 0.336 e. The van der Waals surface area contributed by atoms with Crippen LogP contribution in [0.25, 0.3) is 22.0 Å². The van der Waals surface area contributed by atoms with E-state index < -0.39 is 12.3 Å². The van der Waals surface area contributed by atoms with E-state index in [0.29, 0.717) is 17.7 Å². The monoisotopic (exact) mass is 365 g/mol. The van der Waals surface area contributed by atoms with Crippen LogP contribution < -0.4 is 10.1 Å². The molecule has 1 aromatic carbocycles. The summed E-state index contributed by atoms with van der Waals surface area (Å²) < 4.78 is 20.0. The van der Waals surface area contributed by atoms with Gasteiger partial charge in [0.2, 0.25) is 0 Å². The summed E-state index contributed by atoms with van der Waals surface area (Å²) in [6, 6.07) is 5.07. The molecule has 8 heteroatoms. The first-order valence-corrected chi connectivity index (χ1v) is 8.69. The van der Waals surface area contributed by atoms with Gasteiger partial charge in [-0.3, -0.25) is 4.98 Å². The number of aromatic hydroxyl groups is 1. The Morgan fingerprint density at radius 2 is 2.07 bits per heavy atom. The van der Waals surface area contributed by atoms with Crippen molar-refractivity contribution in [3.63, 3.8) is 0 Å². The van der Waals surface area contributed by atoms with Crippen LogP contribution in [0.2, 0.25) is 0 Å². The van der Waals surface area contributed by atoms with Crippen LogP contribution in [0.3, 0.4) is 0 Å². The van der Waals surface area contributed by atoms with E-state index in [4.69, 9.17) is 4.74 Å². The van der Waals surface area contributed by atoms with E-state index in [9.17, 15) is 9.50 Å². The number of ether oxygens (including phenoxy) is 1. The molecule has 2 aromatic heterocycles. The molecular weight excluding hydrogens is 349 g/mol. The van der Waals surface area contributed by atoms with Crippen LogP contribution in [0.5, 0.6) is 11.8 Å². The first-order valence-electron chi connectivity index (χ1n) is 8.69. The molecule has 2 bridgehead atoms. The van der Waals surface area contributed by atoms with Crippen molar-refractivity contribution in [2.24, 2.45) is 0 Å². The lowest BCUT2D eigenvalue weighted by molar-refractivity contribution is 0.0438. The Morgan fingerprint density at radius 1 is 1.15 bits per heavy atom. The number of rotatable bonds is 3. The topological polar surface area (TPSA) is 93.1 Å². The van der Waals surface area contributed by atoms with E-state index in [1.54, 1.807) is 24.5 Å². The van der Waals surface area contributed by atoms with Crippen molar-refractivity contribution in [3.05, 3.63) is 48.9 Å². The van der Waals surface area contributed by atoms with Crippen LogP contribution in [0.1, 0.15) is 6.42 Å². The SMILES string of the molecule is Oc1cc2cnccc2cc1-c1cnc(O[C@H]2C[C@@H]3C=CC(N3)[C@@H]2F)nn1. The Kier molecular flexibility index (Phi) is 3.71. The Morgan fingerprint density at radius 3 is 2.93 bits per heavy atom. The zero-order chi connectivity index (χ0) is 18.4. The molecule has 2 aliphatic heterocycles. The predicted molar refractivity (Wildman–Crippen MR) is 96.0 cm³/mol. The number of alkyl halides is 1. The van der Waals surface area contributed by atoms with Crippen LogP contribution in [0.15, 0.2) is 48.9 Å². The minimum atomic E-state index is -1.17. The standard InChI is InChI=1S/C19H16FN5O2/c20-18-14-2-1-12(23-14)7-17(18)27-19-22-9-15(24-25-19)13-5-10-3-4-21-8-11(10)6-16(13)26/h1-6,8-9,12,14,17-18,23,26H,7H2/t12-,14?,17-,18-/m0/s1. The zero-order valence-corrected chi connectivity index (χ0v) is 14.2. The van der Waals surface area contributed by atoms with Crippen LogP contribution >= 0.6 is 0 Å². The van der Waals surface area contributed by atoms with Gasteiger partial charge >= 0.3 is 6.01 Å². The average Bonchev–Trinajstić information content (AvgIpc) is 3.10. The van der Waals surface area contributed by atoms with Crippen molar-refractivity contribution in [3.8, 4) is 23.0 Å². The second-order valence-electron chi connectivity index (χ2n) is 6.74. The lowest BCUT2D eigenvalue weighted by atomic mass is 9.99. The van der Waals surface area contributed by atoms with Crippen molar-refractivity contribution >= 4 is 10.8 Å². The molecule has 0 saturated carbocycles. The van der Waals surface area contributed by atoms with E-state index in [-0.39, 0.29) is 23.8 Å². The van der Waals surface area contributed by atoms with E-state index in [1.165, 1.54) is 6.20 Å². The molecule has 4 heterocycles. The highest BCUT2D eigenvalue weighted by atomic mass is 19.1. The van der Waals surface area contributed by atoms with Crippen molar-refractivity contribution in [2.45, 2.75) is 30.8 Å².